The molecule has 0 unspecified atom stereocenters. The van der Waals surface area contributed by atoms with Gasteiger partial charge in [0.05, 0.1) is 10.5 Å². The van der Waals surface area contributed by atoms with Gasteiger partial charge in [-0.15, -0.1) is 0 Å². The van der Waals surface area contributed by atoms with E-state index in [9.17, 15) is 15.2 Å². The van der Waals surface area contributed by atoms with Crippen molar-refractivity contribution in [2.24, 2.45) is 0 Å². The fourth-order valence-corrected chi connectivity index (χ4v) is 1.56. The first kappa shape index (κ1) is 10.6. The highest BCUT2D eigenvalue weighted by Gasteiger charge is 2.19. The van der Waals surface area contributed by atoms with Crippen LogP contribution in [0.1, 0.15) is 19.5 Å². The molecule has 0 amide bonds. The standard InChI is InChI=1S/C11H12N2O3/c1-11(2,14)10-6-7-5-8(13(15)16)3-4-9(7)12-10/h3-6,12,14H,1-2H3. The molecule has 1 aromatic carbocycles. The molecule has 0 atom stereocenters. The summed E-state index contributed by atoms with van der Waals surface area (Å²) in [5.41, 5.74) is 0.493. The first-order valence-electron chi connectivity index (χ1n) is 4.88. The van der Waals surface area contributed by atoms with Gasteiger partial charge in [0, 0.05) is 28.7 Å². The Morgan fingerprint density at radius 3 is 2.62 bits per heavy atom. The van der Waals surface area contributed by atoms with E-state index in [0.29, 0.717) is 5.69 Å². The molecule has 1 heterocycles. The topological polar surface area (TPSA) is 79.2 Å². The molecule has 0 saturated carbocycles. The maximum absolute atomic E-state index is 10.6. The Hall–Kier alpha value is -1.88. The highest BCUT2D eigenvalue weighted by Crippen LogP contribution is 2.26. The summed E-state index contributed by atoms with van der Waals surface area (Å²) in [6.45, 7) is 3.32. The normalized spacial score (nSPS) is 11.9. The molecule has 5 heteroatoms. The number of nitro groups is 1. The Labute approximate surface area is 91.9 Å². The number of nitrogens with one attached hydrogen (secondary N) is 1. The molecule has 2 aromatic rings. The zero-order valence-corrected chi connectivity index (χ0v) is 9.02. The number of nitrogens with zero attached hydrogens (tertiary/aromatic N) is 1. The molecule has 1 aromatic heterocycles. The van der Waals surface area contributed by atoms with Gasteiger partial charge < -0.3 is 10.1 Å². The van der Waals surface area contributed by atoms with Crippen LogP contribution < -0.4 is 0 Å². The van der Waals surface area contributed by atoms with Gasteiger partial charge in [0.2, 0.25) is 0 Å². The number of aromatic nitrogens is 1. The van der Waals surface area contributed by atoms with Crippen LogP contribution in [0.3, 0.4) is 0 Å². The molecular formula is C11H12N2O3. The number of H-pyrrole nitrogens is 1. The minimum atomic E-state index is -0.978. The number of hydrogen-bond donors (Lipinski definition) is 2. The van der Waals surface area contributed by atoms with Crippen LogP contribution in [0.2, 0.25) is 0 Å². The van der Waals surface area contributed by atoms with Gasteiger partial charge in [-0.1, -0.05) is 0 Å². The van der Waals surface area contributed by atoms with Crippen LogP contribution >= 0.6 is 0 Å². The minimum absolute atomic E-state index is 0.0498. The number of hydrogen-bond acceptors (Lipinski definition) is 3. The molecule has 0 aliphatic rings. The SMILES string of the molecule is CC(C)(O)c1cc2cc([N+](=O)[O-])ccc2[nH]1. The number of benzene rings is 1. The van der Waals surface area contributed by atoms with Crippen LogP contribution in [0.25, 0.3) is 10.9 Å². The van der Waals surface area contributed by atoms with Crippen molar-refractivity contribution in [3.63, 3.8) is 0 Å². The maximum Gasteiger partial charge on any atom is 0.270 e. The Kier molecular flexibility index (Phi) is 2.20. The molecule has 0 aliphatic carbocycles. The summed E-state index contributed by atoms with van der Waals surface area (Å²) in [6.07, 6.45) is 0. The van der Waals surface area contributed by atoms with Crippen molar-refractivity contribution in [1.82, 2.24) is 4.98 Å². The smallest absolute Gasteiger partial charge is 0.270 e. The van der Waals surface area contributed by atoms with Crippen LogP contribution in [-0.2, 0) is 5.60 Å². The zero-order chi connectivity index (χ0) is 11.9. The molecule has 2 rings (SSSR count). The average molecular weight is 220 g/mol. The summed E-state index contributed by atoms with van der Waals surface area (Å²) >= 11 is 0. The fourth-order valence-electron chi connectivity index (χ4n) is 1.56. The van der Waals surface area contributed by atoms with E-state index in [2.05, 4.69) is 4.98 Å². The molecule has 16 heavy (non-hydrogen) atoms. The van der Waals surface area contributed by atoms with Gasteiger partial charge in [0.15, 0.2) is 0 Å². The first-order chi connectivity index (χ1) is 7.38. The van der Waals surface area contributed by atoms with Crippen LogP contribution in [0.4, 0.5) is 5.69 Å². The molecule has 5 nitrogen and oxygen atoms in total. The van der Waals surface area contributed by atoms with Gasteiger partial charge in [-0.3, -0.25) is 10.1 Å². The molecule has 0 aliphatic heterocycles. The average Bonchev–Trinajstić information content (AvgIpc) is 2.58. The molecule has 0 spiro atoms. The molecule has 0 bridgehead atoms. The molecular weight excluding hydrogens is 208 g/mol. The summed E-state index contributed by atoms with van der Waals surface area (Å²) in [7, 11) is 0. The lowest BCUT2D eigenvalue weighted by molar-refractivity contribution is -0.384. The number of aliphatic hydroxyl groups is 1. The van der Waals surface area contributed by atoms with Crippen LogP contribution in [0, 0.1) is 10.1 Å². The molecule has 0 saturated heterocycles. The molecule has 0 radical (unpaired) electrons. The summed E-state index contributed by atoms with van der Waals surface area (Å²) < 4.78 is 0. The Morgan fingerprint density at radius 1 is 1.38 bits per heavy atom. The van der Waals surface area contributed by atoms with E-state index in [1.54, 1.807) is 26.0 Å². The fraction of sp³-hybridized carbons (Fsp3) is 0.273. The quantitative estimate of drug-likeness (QED) is 0.602. The van der Waals surface area contributed by atoms with Gasteiger partial charge >= 0.3 is 0 Å². The van der Waals surface area contributed by atoms with Crippen molar-refractivity contribution in [2.75, 3.05) is 0 Å². The van der Waals surface area contributed by atoms with E-state index in [4.69, 9.17) is 0 Å². The van der Waals surface area contributed by atoms with Crippen molar-refractivity contribution in [3.8, 4) is 0 Å². The monoisotopic (exact) mass is 220 g/mol. The van der Waals surface area contributed by atoms with Crippen molar-refractivity contribution in [2.45, 2.75) is 19.4 Å². The van der Waals surface area contributed by atoms with Crippen molar-refractivity contribution in [1.29, 1.82) is 0 Å². The van der Waals surface area contributed by atoms with Gasteiger partial charge in [0.1, 0.15) is 0 Å². The lowest BCUT2D eigenvalue weighted by atomic mass is 10.1. The highest BCUT2D eigenvalue weighted by molar-refractivity contribution is 5.83. The molecule has 0 fully saturated rings. The summed E-state index contributed by atoms with van der Waals surface area (Å²) in [5.74, 6) is 0. The predicted octanol–water partition coefficient (Wildman–Crippen LogP) is 2.30. The number of aromatic amines is 1. The van der Waals surface area contributed by atoms with Crippen molar-refractivity contribution < 1.29 is 10.0 Å². The van der Waals surface area contributed by atoms with Crippen LogP contribution in [-0.4, -0.2) is 15.0 Å². The van der Waals surface area contributed by atoms with Crippen molar-refractivity contribution >= 4 is 16.6 Å². The van der Waals surface area contributed by atoms with Gasteiger partial charge in [-0.2, -0.15) is 0 Å². The van der Waals surface area contributed by atoms with Gasteiger partial charge in [0.25, 0.3) is 5.69 Å². The second-order valence-electron chi connectivity index (χ2n) is 4.27. The van der Waals surface area contributed by atoms with Gasteiger partial charge in [-0.05, 0) is 26.0 Å². The number of non-ortho nitro benzene ring substituents is 1. The third-order valence-electron chi connectivity index (χ3n) is 2.47. The van der Waals surface area contributed by atoms with Crippen molar-refractivity contribution in [3.05, 3.63) is 40.1 Å². The molecule has 84 valence electrons. The van der Waals surface area contributed by atoms with E-state index < -0.39 is 10.5 Å². The Balaban J connectivity index is 2.59. The second-order valence-corrected chi connectivity index (χ2v) is 4.27. The largest absolute Gasteiger partial charge is 0.384 e. The highest BCUT2D eigenvalue weighted by atomic mass is 16.6. The van der Waals surface area contributed by atoms with Crippen LogP contribution in [0.15, 0.2) is 24.3 Å². The molecule has 2 N–H and O–H groups in total. The second kappa shape index (κ2) is 3.31. The lowest BCUT2D eigenvalue weighted by Crippen LogP contribution is -2.15. The minimum Gasteiger partial charge on any atom is -0.384 e. The first-order valence-corrected chi connectivity index (χ1v) is 4.88. The van der Waals surface area contributed by atoms with Gasteiger partial charge in [-0.25, -0.2) is 0 Å². The van der Waals surface area contributed by atoms with E-state index in [0.717, 1.165) is 10.9 Å². The third kappa shape index (κ3) is 1.77. The summed E-state index contributed by atoms with van der Waals surface area (Å²) in [6, 6.07) is 6.29. The number of rotatable bonds is 2. The lowest BCUT2D eigenvalue weighted by Gasteiger charge is -2.14. The maximum atomic E-state index is 10.6. The summed E-state index contributed by atoms with van der Waals surface area (Å²) in [5, 5.41) is 21.1. The van der Waals surface area contributed by atoms with E-state index in [-0.39, 0.29) is 5.69 Å². The van der Waals surface area contributed by atoms with E-state index in [1.807, 2.05) is 0 Å². The Morgan fingerprint density at radius 2 is 2.06 bits per heavy atom. The zero-order valence-electron chi connectivity index (χ0n) is 9.02. The summed E-state index contributed by atoms with van der Waals surface area (Å²) in [4.78, 5) is 13.2. The number of nitro benzene ring substituents is 1. The van der Waals surface area contributed by atoms with Crippen LogP contribution in [0.5, 0.6) is 0 Å². The predicted molar refractivity (Wildman–Crippen MR) is 60.2 cm³/mol. The third-order valence-corrected chi connectivity index (χ3v) is 2.47. The Bertz CT molecular complexity index is 552. The van der Waals surface area contributed by atoms with E-state index >= 15 is 0 Å². The van der Waals surface area contributed by atoms with E-state index in [1.165, 1.54) is 12.1 Å². The number of fused-ring (bicyclic) bond motifs is 1.